The van der Waals surface area contributed by atoms with Gasteiger partial charge in [-0.25, -0.2) is 0 Å². The van der Waals surface area contributed by atoms with Gasteiger partial charge in [0.15, 0.2) is 0 Å². The van der Waals surface area contributed by atoms with Gasteiger partial charge in [-0.3, -0.25) is 4.90 Å². The van der Waals surface area contributed by atoms with E-state index in [1.165, 1.54) is 32.4 Å². The van der Waals surface area contributed by atoms with Crippen LogP contribution in [0.25, 0.3) is 0 Å². The van der Waals surface area contributed by atoms with E-state index in [1.54, 1.807) is 0 Å². The van der Waals surface area contributed by atoms with Crippen molar-refractivity contribution in [1.29, 1.82) is 0 Å². The van der Waals surface area contributed by atoms with Crippen molar-refractivity contribution in [3.8, 4) is 0 Å². The summed E-state index contributed by atoms with van der Waals surface area (Å²) in [7, 11) is 0. The van der Waals surface area contributed by atoms with Crippen molar-refractivity contribution in [3.05, 3.63) is 0 Å². The first-order valence-corrected chi connectivity index (χ1v) is 7.61. The normalized spacial score (nSPS) is 30.2. The number of nitrogens with zero attached hydrogens (tertiary/aromatic N) is 1. The summed E-state index contributed by atoms with van der Waals surface area (Å²) in [6.45, 7) is 15.1. The fourth-order valence-corrected chi connectivity index (χ4v) is 3.38. The topological polar surface area (TPSA) is 15.3 Å². The van der Waals surface area contributed by atoms with Gasteiger partial charge in [0.05, 0.1) is 0 Å². The Morgan fingerprint density at radius 3 is 2.24 bits per heavy atom. The first-order chi connectivity index (χ1) is 8.13. The predicted octanol–water partition coefficient (Wildman–Crippen LogP) is 3.13. The molecule has 1 aliphatic carbocycles. The van der Waals surface area contributed by atoms with E-state index in [9.17, 15) is 0 Å². The molecule has 102 valence electrons. The highest BCUT2D eigenvalue weighted by atomic mass is 15.2. The third kappa shape index (κ3) is 3.96. The molecule has 0 aromatic carbocycles. The molecule has 0 aromatic rings. The lowest BCUT2D eigenvalue weighted by Crippen LogP contribution is -2.53. The molecule has 2 nitrogen and oxygen atoms in total. The van der Waals surface area contributed by atoms with E-state index in [4.69, 9.17) is 0 Å². The van der Waals surface area contributed by atoms with Gasteiger partial charge in [0.25, 0.3) is 0 Å². The van der Waals surface area contributed by atoms with Gasteiger partial charge in [0.1, 0.15) is 0 Å². The molecule has 1 fully saturated rings. The number of rotatable bonds is 6. The second kappa shape index (κ2) is 7.38. The van der Waals surface area contributed by atoms with Crippen LogP contribution in [0.3, 0.4) is 0 Å². The fourth-order valence-electron chi connectivity index (χ4n) is 3.38. The zero-order chi connectivity index (χ0) is 12.8. The molecule has 0 heterocycles. The van der Waals surface area contributed by atoms with Crippen molar-refractivity contribution < 1.29 is 0 Å². The van der Waals surface area contributed by atoms with Crippen molar-refractivity contribution in [2.45, 2.75) is 66.0 Å². The average Bonchev–Trinajstić information content (AvgIpc) is 2.32. The van der Waals surface area contributed by atoms with Gasteiger partial charge in [-0.15, -0.1) is 0 Å². The molecule has 0 aromatic heterocycles. The highest BCUT2D eigenvalue weighted by molar-refractivity contribution is 4.91. The highest BCUT2D eigenvalue weighted by Crippen LogP contribution is 2.32. The number of hydrogen-bond donors (Lipinski definition) is 1. The van der Waals surface area contributed by atoms with Crippen molar-refractivity contribution in [2.24, 2.45) is 11.8 Å². The minimum atomic E-state index is 0.717. The van der Waals surface area contributed by atoms with Crippen LogP contribution >= 0.6 is 0 Å². The maximum Gasteiger partial charge on any atom is 0.0251 e. The van der Waals surface area contributed by atoms with Crippen LogP contribution < -0.4 is 5.32 Å². The Morgan fingerprint density at radius 1 is 1.12 bits per heavy atom. The summed E-state index contributed by atoms with van der Waals surface area (Å²) in [5.74, 6) is 1.77. The molecule has 0 bridgehead atoms. The van der Waals surface area contributed by atoms with E-state index in [0.717, 1.165) is 30.5 Å². The molecule has 17 heavy (non-hydrogen) atoms. The summed E-state index contributed by atoms with van der Waals surface area (Å²) < 4.78 is 0. The van der Waals surface area contributed by atoms with Crippen LogP contribution in [0.2, 0.25) is 0 Å². The van der Waals surface area contributed by atoms with Gasteiger partial charge in [-0.2, -0.15) is 0 Å². The molecule has 1 saturated carbocycles. The van der Waals surface area contributed by atoms with Crippen LogP contribution in [0.5, 0.6) is 0 Å². The minimum absolute atomic E-state index is 0.717. The van der Waals surface area contributed by atoms with Gasteiger partial charge < -0.3 is 5.32 Å². The minimum Gasteiger partial charge on any atom is -0.313 e. The molecule has 2 heteroatoms. The van der Waals surface area contributed by atoms with Crippen LogP contribution in [-0.2, 0) is 0 Å². The van der Waals surface area contributed by atoms with Crippen molar-refractivity contribution >= 4 is 0 Å². The quantitative estimate of drug-likeness (QED) is 0.767. The summed E-state index contributed by atoms with van der Waals surface area (Å²) in [5, 5.41) is 3.70. The fraction of sp³-hybridized carbons (Fsp3) is 1.00. The Kier molecular flexibility index (Phi) is 6.50. The third-order valence-corrected chi connectivity index (χ3v) is 4.55. The second-order valence-electron chi connectivity index (χ2n) is 5.77. The SMILES string of the molecule is CCNC1CCC(C(C)C)CC1N(CC)CC. The van der Waals surface area contributed by atoms with E-state index < -0.39 is 0 Å². The molecular weight excluding hydrogens is 208 g/mol. The largest absolute Gasteiger partial charge is 0.313 e. The monoisotopic (exact) mass is 240 g/mol. The third-order valence-electron chi connectivity index (χ3n) is 4.55. The maximum absolute atomic E-state index is 3.70. The van der Waals surface area contributed by atoms with E-state index in [-0.39, 0.29) is 0 Å². The molecule has 0 radical (unpaired) electrons. The summed E-state index contributed by atoms with van der Waals surface area (Å²) in [5.41, 5.74) is 0. The predicted molar refractivity (Wildman–Crippen MR) is 76.4 cm³/mol. The maximum atomic E-state index is 3.70. The summed E-state index contributed by atoms with van der Waals surface area (Å²) in [6.07, 6.45) is 4.15. The Labute approximate surface area is 108 Å². The zero-order valence-electron chi connectivity index (χ0n) is 12.5. The average molecular weight is 240 g/mol. The van der Waals surface area contributed by atoms with Crippen LogP contribution in [-0.4, -0.2) is 36.6 Å². The van der Waals surface area contributed by atoms with Crippen LogP contribution in [0.15, 0.2) is 0 Å². The molecule has 3 atom stereocenters. The Balaban J connectivity index is 2.67. The summed E-state index contributed by atoms with van der Waals surface area (Å²) in [6, 6.07) is 1.47. The molecule has 1 aliphatic rings. The molecule has 0 amide bonds. The highest BCUT2D eigenvalue weighted by Gasteiger charge is 2.33. The summed E-state index contributed by atoms with van der Waals surface area (Å²) in [4.78, 5) is 2.65. The first kappa shape index (κ1) is 15.0. The van der Waals surface area contributed by atoms with E-state index in [0.29, 0.717) is 0 Å². The lowest BCUT2D eigenvalue weighted by molar-refractivity contribution is 0.0915. The van der Waals surface area contributed by atoms with Gasteiger partial charge in [-0.05, 0) is 50.7 Å². The van der Waals surface area contributed by atoms with Crippen LogP contribution in [0.1, 0.15) is 53.9 Å². The molecule has 0 aliphatic heterocycles. The lowest BCUT2D eigenvalue weighted by atomic mass is 9.76. The molecule has 0 saturated heterocycles. The van der Waals surface area contributed by atoms with Crippen molar-refractivity contribution in [1.82, 2.24) is 10.2 Å². The molecule has 1 rings (SSSR count). The van der Waals surface area contributed by atoms with Gasteiger partial charge in [0.2, 0.25) is 0 Å². The zero-order valence-corrected chi connectivity index (χ0v) is 12.5. The standard InChI is InChI=1S/C15H32N2/c1-6-16-14-10-9-13(12(4)5)11-15(14)17(7-2)8-3/h12-16H,6-11H2,1-5H3. The number of nitrogens with one attached hydrogen (secondary N) is 1. The Bertz CT molecular complexity index is 199. The summed E-state index contributed by atoms with van der Waals surface area (Å²) >= 11 is 0. The first-order valence-electron chi connectivity index (χ1n) is 7.61. The number of likely N-dealkylation sites (N-methyl/N-ethyl adjacent to an activating group) is 2. The molecule has 1 N–H and O–H groups in total. The number of hydrogen-bond acceptors (Lipinski definition) is 2. The molecule has 3 unspecified atom stereocenters. The van der Waals surface area contributed by atoms with E-state index in [1.807, 2.05) is 0 Å². The van der Waals surface area contributed by atoms with Crippen LogP contribution in [0.4, 0.5) is 0 Å². The lowest BCUT2D eigenvalue weighted by Gasteiger charge is -2.43. The van der Waals surface area contributed by atoms with Crippen LogP contribution in [0, 0.1) is 11.8 Å². The van der Waals surface area contributed by atoms with E-state index in [2.05, 4.69) is 44.8 Å². The molecular formula is C15H32N2. The van der Waals surface area contributed by atoms with Gasteiger partial charge in [0, 0.05) is 12.1 Å². The smallest absolute Gasteiger partial charge is 0.0251 e. The van der Waals surface area contributed by atoms with Crippen molar-refractivity contribution in [3.63, 3.8) is 0 Å². The Hall–Kier alpha value is -0.0800. The Morgan fingerprint density at radius 2 is 1.76 bits per heavy atom. The van der Waals surface area contributed by atoms with E-state index >= 15 is 0 Å². The van der Waals surface area contributed by atoms with Crippen molar-refractivity contribution in [2.75, 3.05) is 19.6 Å². The molecule has 0 spiro atoms. The van der Waals surface area contributed by atoms with Gasteiger partial charge >= 0.3 is 0 Å². The second-order valence-corrected chi connectivity index (χ2v) is 5.77. The van der Waals surface area contributed by atoms with Gasteiger partial charge in [-0.1, -0.05) is 34.6 Å².